The number of aromatic carboxylic acids is 1. The van der Waals surface area contributed by atoms with Gasteiger partial charge in [0.1, 0.15) is 5.82 Å². The molecule has 3 aromatic rings. The lowest BCUT2D eigenvalue weighted by molar-refractivity contribution is 0.0698. The van der Waals surface area contributed by atoms with Gasteiger partial charge in [-0.2, -0.15) is 0 Å². The molecule has 0 aliphatic heterocycles. The fourth-order valence-electron chi connectivity index (χ4n) is 2.51. The third kappa shape index (κ3) is 4.27. The molecule has 0 amide bonds. The zero-order chi connectivity index (χ0) is 19.6. The quantitative estimate of drug-likeness (QED) is 0.647. The summed E-state index contributed by atoms with van der Waals surface area (Å²) in [7, 11) is -4.25. The van der Waals surface area contributed by atoms with Crippen molar-refractivity contribution >= 4 is 33.3 Å². The van der Waals surface area contributed by atoms with E-state index in [4.69, 9.17) is 11.6 Å². The largest absolute Gasteiger partial charge is 0.478 e. The summed E-state index contributed by atoms with van der Waals surface area (Å²) in [5.74, 6) is -2.12. The molecule has 0 bridgehead atoms. The molecule has 27 heavy (non-hydrogen) atoms. The summed E-state index contributed by atoms with van der Waals surface area (Å²) in [6, 6.07) is 16.2. The number of benzene rings is 3. The van der Waals surface area contributed by atoms with Gasteiger partial charge in [0.15, 0.2) is 0 Å². The Kier molecular flexibility index (Phi) is 5.16. The molecule has 0 spiro atoms. The van der Waals surface area contributed by atoms with E-state index >= 15 is 0 Å². The van der Waals surface area contributed by atoms with E-state index in [1.165, 1.54) is 12.1 Å². The average molecular weight is 406 g/mol. The van der Waals surface area contributed by atoms with Crippen molar-refractivity contribution in [3.8, 4) is 11.1 Å². The first-order chi connectivity index (χ1) is 12.8. The number of carbonyl (C=O) groups is 1. The molecule has 138 valence electrons. The van der Waals surface area contributed by atoms with Crippen LogP contribution in [0.4, 0.5) is 10.1 Å². The maximum atomic E-state index is 13.5. The molecule has 0 fully saturated rings. The van der Waals surface area contributed by atoms with Crippen molar-refractivity contribution in [2.24, 2.45) is 0 Å². The lowest BCUT2D eigenvalue weighted by atomic mass is 10.0. The molecule has 0 unspecified atom stereocenters. The first-order valence-corrected chi connectivity index (χ1v) is 9.54. The SMILES string of the molecule is O=C(O)c1ccc(-c2ccccc2)cc1NS(=O)(=O)c1cc(F)cc(Cl)c1. The predicted octanol–water partition coefficient (Wildman–Crippen LogP) is 4.65. The minimum Gasteiger partial charge on any atom is -0.478 e. The molecule has 0 aliphatic rings. The van der Waals surface area contributed by atoms with Crippen LogP contribution in [0.5, 0.6) is 0 Å². The van der Waals surface area contributed by atoms with E-state index in [0.717, 1.165) is 23.8 Å². The molecule has 8 heteroatoms. The number of carboxylic acid groups (broad SMARTS) is 1. The zero-order valence-electron chi connectivity index (χ0n) is 13.7. The molecular formula is C19H13ClFNO4S. The first-order valence-electron chi connectivity index (χ1n) is 7.68. The maximum absolute atomic E-state index is 13.5. The van der Waals surface area contributed by atoms with E-state index in [1.807, 2.05) is 6.07 Å². The molecule has 0 radical (unpaired) electrons. The Bertz CT molecular complexity index is 1100. The molecule has 0 aromatic heterocycles. The van der Waals surface area contributed by atoms with Crippen LogP contribution in [-0.4, -0.2) is 19.5 Å². The molecule has 0 atom stereocenters. The number of rotatable bonds is 5. The molecule has 3 rings (SSSR count). The van der Waals surface area contributed by atoms with Gasteiger partial charge in [-0.05, 0) is 41.5 Å². The summed E-state index contributed by atoms with van der Waals surface area (Å²) in [5, 5.41) is 9.28. The van der Waals surface area contributed by atoms with Gasteiger partial charge in [-0.15, -0.1) is 0 Å². The Morgan fingerprint density at radius 2 is 1.67 bits per heavy atom. The van der Waals surface area contributed by atoms with Crippen LogP contribution in [0.3, 0.4) is 0 Å². The Labute approximate surface area is 160 Å². The van der Waals surface area contributed by atoms with Crippen molar-refractivity contribution < 1.29 is 22.7 Å². The smallest absolute Gasteiger partial charge is 0.337 e. The number of carboxylic acids is 1. The maximum Gasteiger partial charge on any atom is 0.337 e. The Morgan fingerprint density at radius 1 is 0.963 bits per heavy atom. The van der Waals surface area contributed by atoms with Gasteiger partial charge in [0, 0.05) is 5.02 Å². The summed E-state index contributed by atoms with van der Waals surface area (Å²) in [6.45, 7) is 0. The molecule has 0 saturated heterocycles. The molecule has 0 heterocycles. The van der Waals surface area contributed by atoms with Gasteiger partial charge >= 0.3 is 5.97 Å². The Morgan fingerprint density at radius 3 is 2.30 bits per heavy atom. The lowest BCUT2D eigenvalue weighted by Gasteiger charge is -2.13. The van der Waals surface area contributed by atoms with Gasteiger partial charge in [-0.3, -0.25) is 4.72 Å². The van der Waals surface area contributed by atoms with Gasteiger partial charge < -0.3 is 5.11 Å². The summed E-state index contributed by atoms with van der Waals surface area (Å²) in [4.78, 5) is 11.1. The van der Waals surface area contributed by atoms with E-state index in [-0.39, 0.29) is 16.3 Å². The van der Waals surface area contributed by atoms with Gasteiger partial charge in [0.05, 0.1) is 16.1 Å². The van der Waals surface area contributed by atoms with Crippen LogP contribution >= 0.6 is 11.6 Å². The predicted molar refractivity (Wildman–Crippen MR) is 101 cm³/mol. The molecule has 2 N–H and O–H groups in total. The average Bonchev–Trinajstić information content (AvgIpc) is 2.61. The number of sulfonamides is 1. The lowest BCUT2D eigenvalue weighted by Crippen LogP contribution is -2.16. The summed E-state index contributed by atoms with van der Waals surface area (Å²) < 4.78 is 40.9. The van der Waals surface area contributed by atoms with Crippen LogP contribution in [0.25, 0.3) is 11.1 Å². The van der Waals surface area contributed by atoms with Crippen LogP contribution in [0.15, 0.2) is 71.6 Å². The highest BCUT2D eigenvalue weighted by atomic mass is 35.5. The van der Waals surface area contributed by atoms with Gasteiger partial charge in [-0.25, -0.2) is 17.6 Å². The van der Waals surface area contributed by atoms with Gasteiger partial charge in [0.2, 0.25) is 0 Å². The second-order valence-corrected chi connectivity index (χ2v) is 7.76. The summed E-state index contributed by atoms with van der Waals surface area (Å²) >= 11 is 5.72. The van der Waals surface area contributed by atoms with E-state index in [1.54, 1.807) is 30.3 Å². The number of hydrogen-bond acceptors (Lipinski definition) is 3. The van der Waals surface area contributed by atoms with Gasteiger partial charge in [-0.1, -0.05) is 48.0 Å². The van der Waals surface area contributed by atoms with Crippen LogP contribution in [0, 0.1) is 5.82 Å². The van der Waals surface area contributed by atoms with E-state index in [2.05, 4.69) is 4.72 Å². The van der Waals surface area contributed by atoms with Crippen molar-refractivity contribution in [2.45, 2.75) is 4.90 Å². The minimum atomic E-state index is -4.25. The highest BCUT2D eigenvalue weighted by Gasteiger charge is 2.20. The highest BCUT2D eigenvalue weighted by Crippen LogP contribution is 2.28. The van der Waals surface area contributed by atoms with Crippen LogP contribution in [-0.2, 0) is 10.0 Å². The van der Waals surface area contributed by atoms with Crippen molar-refractivity contribution in [1.82, 2.24) is 0 Å². The minimum absolute atomic E-state index is 0.0909. The first kappa shape index (κ1) is 18.9. The highest BCUT2D eigenvalue weighted by molar-refractivity contribution is 7.92. The zero-order valence-corrected chi connectivity index (χ0v) is 15.3. The van der Waals surface area contributed by atoms with Gasteiger partial charge in [0.25, 0.3) is 10.0 Å². The van der Waals surface area contributed by atoms with E-state index in [9.17, 15) is 22.7 Å². The second-order valence-electron chi connectivity index (χ2n) is 5.64. The topological polar surface area (TPSA) is 83.5 Å². The normalized spacial score (nSPS) is 11.2. The number of nitrogens with one attached hydrogen (secondary N) is 1. The number of halogens is 2. The Hall–Kier alpha value is -2.90. The van der Waals surface area contributed by atoms with Crippen molar-refractivity contribution in [1.29, 1.82) is 0 Å². The fraction of sp³-hybridized carbons (Fsp3) is 0. The van der Waals surface area contributed by atoms with Crippen LogP contribution in [0.1, 0.15) is 10.4 Å². The summed E-state index contributed by atoms with van der Waals surface area (Å²) in [5.41, 5.74) is 1.03. The number of hydrogen-bond donors (Lipinski definition) is 2. The van der Waals surface area contributed by atoms with Crippen LogP contribution in [0.2, 0.25) is 5.02 Å². The standard InChI is InChI=1S/C19H13ClFNO4S/c20-14-9-15(21)11-16(10-14)27(25,26)22-18-8-13(6-7-17(18)19(23)24)12-4-2-1-3-5-12/h1-11,22H,(H,23,24). The van der Waals surface area contributed by atoms with Crippen LogP contribution < -0.4 is 4.72 Å². The number of anilines is 1. The van der Waals surface area contributed by atoms with E-state index < -0.39 is 26.7 Å². The van der Waals surface area contributed by atoms with Crippen molar-refractivity contribution in [2.75, 3.05) is 4.72 Å². The fourth-order valence-corrected chi connectivity index (χ4v) is 3.93. The third-order valence-electron chi connectivity index (χ3n) is 3.75. The molecule has 5 nitrogen and oxygen atoms in total. The van der Waals surface area contributed by atoms with Crippen molar-refractivity contribution in [3.63, 3.8) is 0 Å². The molecule has 0 saturated carbocycles. The van der Waals surface area contributed by atoms with Crippen molar-refractivity contribution in [3.05, 3.63) is 83.1 Å². The Balaban J connectivity index is 2.07. The third-order valence-corrected chi connectivity index (χ3v) is 5.31. The molecule has 0 aliphatic carbocycles. The van der Waals surface area contributed by atoms with E-state index in [0.29, 0.717) is 5.56 Å². The molecular weight excluding hydrogens is 393 g/mol. The monoisotopic (exact) mass is 405 g/mol. The second kappa shape index (κ2) is 7.38. The summed E-state index contributed by atoms with van der Waals surface area (Å²) in [6.07, 6.45) is 0. The molecule has 3 aromatic carbocycles.